The Labute approximate surface area is 124 Å². The molecule has 0 aromatic heterocycles. The fraction of sp³-hybridized carbons (Fsp3) is 0.154. The average molecular weight is 312 g/mol. The van der Waals surface area contributed by atoms with E-state index in [-0.39, 0.29) is 5.56 Å². The van der Waals surface area contributed by atoms with Crippen LogP contribution < -0.4 is 5.32 Å². The first-order valence-electron chi connectivity index (χ1n) is 5.88. The molecular formula is C13H11ClFN3O3. The molecule has 0 spiro atoms. The Morgan fingerprint density at radius 3 is 2.81 bits per heavy atom. The normalized spacial score (nSPS) is 17.9. The minimum Gasteiger partial charge on any atom is -0.355 e. The first kappa shape index (κ1) is 15.1. The van der Waals surface area contributed by atoms with Crippen molar-refractivity contribution in [3.63, 3.8) is 0 Å². The van der Waals surface area contributed by atoms with Crippen molar-refractivity contribution in [3.05, 3.63) is 46.9 Å². The molecule has 2 amide bonds. The predicted octanol–water partition coefficient (Wildman–Crippen LogP) is 1.42. The van der Waals surface area contributed by atoms with Crippen molar-refractivity contribution in [1.82, 2.24) is 10.2 Å². The van der Waals surface area contributed by atoms with Crippen LogP contribution in [0.5, 0.6) is 0 Å². The number of carbonyl (C=O) groups is 2. The highest BCUT2D eigenvalue weighted by molar-refractivity contribution is 6.31. The monoisotopic (exact) mass is 311 g/mol. The SMILES string of the molecule is CC(=O)NC1=NC(O)N(C(=O)c2cccc(Cl)c2)C=C1F. The van der Waals surface area contributed by atoms with Gasteiger partial charge in [-0.15, -0.1) is 0 Å². The van der Waals surface area contributed by atoms with E-state index in [1.165, 1.54) is 19.1 Å². The number of hydrogen-bond donors (Lipinski definition) is 2. The molecule has 0 bridgehead atoms. The number of amidine groups is 1. The molecule has 1 aromatic rings. The largest absolute Gasteiger partial charge is 0.355 e. The van der Waals surface area contributed by atoms with Gasteiger partial charge < -0.3 is 10.4 Å². The van der Waals surface area contributed by atoms with E-state index in [4.69, 9.17) is 11.6 Å². The first-order valence-corrected chi connectivity index (χ1v) is 6.25. The molecule has 0 radical (unpaired) electrons. The number of aliphatic hydroxyl groups is 1. The number of aliphatic imine (C=N–C) groups is 1. The van der Waals surface area contributed by atoms with Gasteiger partial charge in [0.2, 0.25) is 12.3 Å². The molecular weight excluding hydrogens is 301 g/mol. The van der Waals surface area contributed by atoms with Crippen LogP contribution >= 0.6 is 11.6 Å². The molecule has 1 unspecified atom stereocenters. The van der Waals surface area contributed by atoms with Crippen molar-refractivity contribution in [1.29, 1.82) is 0 Å². The standard InChI is InChI=1S/C13H11ClFN3O3/c1-7(19)16-11-10(15)6-18(13(21)17-11)12(20)8-3-2-4-9(14)5-8/h2-6,13,21H,1H3,(H,16,17,19). The summed E-state index contributed by atoms with van der Waals surface area (Å²) in [6.07, 6.45) is -0.871. The fourth-order valence-corrected chi connectivity index (χ4v) is 1.87. The lowest BCUT2D eigenvalue weighted by atomic mass is 10.2. The Kier molecular flexibility index (Phi) is 4.35. The van der Waals surface area contributed by atoms with E-state index in [2.05, 4.69) is 10.3 Å². The highest BCUT2D eigenvalue weighted by atomic mass is 35.5. The zero-order chi connectivity index (χ0) is 15.6. The van der Waals surface area contributed by atoms with Gasteiger partial charge in [0.1, 0.15) is 0 Å². The van der Waals surface area contributed by atoms with Crippen molar-refractivity contribution in [3.8, 4) is 0 Å². The van der Waals surface area contributed by atoms with Crippen molar-refractivity contribution in [2.75, 3.05) is 0 Å². The number of benzene rings is 1. The molecule has 2 N–H and O–H groups in total. The number of rotatable bonds is 1. The maximum absolute atomic E-state index is 13.8. The van der Waals surface area contributed by atoms with Crippen molar-refractivity contribution < 1.29 is 19.1 Å². The number of nitrogens with zero attached hydrogens (tertiary/aromatic N) is 2. The molecule has 8 heteroatoms. The fourth-order valence-electron chi connectivity index (χ4n) is 1.68. The lowest BCUT2D eigenvalue weighted by Crippen LogP contribution is -2.42. The lowest BCUT2D eigenvalue weighted by molar-refractivity contribution is -0.117. The number of carbonyl (C=O) groups excluding carboxylic acids is 2. The summed E-state index contributed by atoms with van der Waals surface area (Å²) < 4.78 is 13.8. The third-order valence-electron chi connectivity index (χ3n) is 2.57. The van der Waals surface area contributed by atoms with Gasteiger partial charge in [-0.2, -0.15) is 0 Å². The smallest absolute Gasteiger partial charge is 0.261 e. The summed E-state index contributed by atoms with van der Waals surface area (Å²) in [6.45, 7) is 1.17. The zero-order valence-corrected chi connectivity index (χ0v) is 11.6. The Morgan fingerprint density at radius 2 is 2.19 bits per heavy atom. The second-order valence-corrected chi connectivity index (χ2v) is 4.64. The Hall–Kier alpha value is -2.25. The molecule has 1 aliphatic rings. The van der Waals surface area contributed by atoms with Crippen LogP contribution in [0.1, 0.15) is 17.3 Å². The summed E-state index contributed by atoms with van der Waals surface area (Å²) in [5, 5.41) is 12.2. The zero-order valence-electron chi connectivity index (χ0n) is 10.9. The third-order valence-corrected chi connectivity index (χ3v) is 2.81. The third kappa shape index (κ3) is 3.45. The van der Waals surface area contributed by atoms with Gasteiger partial charge in [-0.1, -0.05) is 17.7 Å². The van der Waals surface area contributed by atoms with E-state index < -0.39 is 29.8 Å². The number of aliphatic hydroxyl groups excluding tert-OH is 1. The van der Waals surface area contributed by atoms with E-state index in [0.717, 1.165) is 6.20 Å². The predicted molar refractivity (Wildman–Crippen MR) is 74.1 cm³/mol. The Balaban J connectivity index is 2.25. The summed E-state index contributed by atoms with van der Waals surface area (Å²) in [6, 6.07) is 5.99. The summed E-state index contributed by atoms with van der Waals surface area (Å²) in [5.74, 6) is -2.58. The highest BCUT2D eigenvalue weighted by Crippen LogP contribution is 2.18. The minimum atomic E-state index is -1.64. The maximum atomic E-state index is 13.8. The van der Waals surface area contributed by atoms with Gasteiger partial charge in [0.15, 0.2) is 11.7 Å². The van der Waals surface area contributed by atoms with E-state index in [1.54, 1.807) is 12.1 Å². The maximum Gasteiger partial charge on any atom is 0.261 e. The summed E-state index contributed by atoms with van der Waals surface area (Å²) >= 11 is 5.78. The van der Waals surface area contributed by atoms with Gasteiger partial charge >= 0.3 is 0 Å². The van der Waals surface area contributed by atoms with Crippen LogP contribution in [-0.2, 0) is 4.79 Å². The Bertz CT molecular complexity index is 660. The van der Waals surface area contributed by atoms with Crippen LogP contribution in [0.2, 0.25) is 5.02 Å². The molecule has 0 aliphatic carbocycles. The van der Waals surface area contributed by atoms with Crippen molar-refractivity contribution in [2.24, 2.45) is 4.99 Å². The van der Waals surface area contributed by atoms with Crippen molar-refractivity contribution >= 4 is 29.3 Å². The van der Waals surface area contributed by atoms with Gasteiger partial charge in [-0.25, -0.2) is 9.38 Å². The van der Waals surface area contributed by atoms with Crippen LogP contribution in [0.4, 0.5) is 4.39 Å². The van der Waals surface area contributed by atoms with Crippen LogP contribution in [0.3, 0.4) is 0 Å². The molecule has 0 saturated carbocycles. The van der Waals surface area contributed by atoms with Gasteiger partial charge in [0.05, 0.1) is 6.20 Å². The molecule has 2 rings (SSSR count). The summed E-state index contributed by atoms with van der Waals surface area (Å²) in [7, 11) is 0. The summed E-state index contributed by atoms with van der Waals surface area (Å²) in [4.78, 5) is 27.3. The van der Waals surface area contributed by atoms with Crippen LogP contribution in [-0.4, -0.2) is 34.0 Å². The van der Waals surface area contributed by atoms with E-state index in [0.29, 0.717) is 9.92 Å². The molecule has 1 atom stereocenters. The second-order valence-electron chi connectivity index (χ2n) is 4.21. The Morgan fingerprint density at radius 1 is 1.48 bits per heavy atom. The van der Waals surface area contributed by atoms with Crippen LogP contribution in [0.15, 0.2) is 41.3 Å². The molecule has 6 nitrogen and oxygen atoms in total. The molecule has 1 aliphatic heterocycles. The molecule has 1 heterocycles. The number of halogens is 2. The molecule has 21 heavy (non-hydrogen) atoms. The topological polar surface area (TPSA) is 82.0 Å². The molecule has 0 fully saturated rings. The van der Waals surface area contributed by atoms with E-state index >= 15 is 0 Å². The lowest BCUT2D eigenvalue weighted by Gasteiger charge is -2.26. The number of amides is 2. The molecule has 1 aromatic carbocycles. The van der Waals surface area contributed by atoms with Crippen LogP contribution in [0.25, 0.3) is 0 Å². The number of hydrogen-bond acceptors (Lipinski definition) is 4. The van der Waals surface area contributed by atoms with E-state index in [9.17, 15) is 19.1 Å². The van der Waals surface area contributed by atoms with Gasteiger partial charge in [0.25, 0.3) is 5.91 Å². The minimum absolute atomic E-state index is 0.170. The van der Waals surface area contributed by atoms with Crippen LogP contribution in [0, 0.1) is 0 Å². The quantitative estimate of drug-likeness (QED) is 0.823. The molecule has 110 valence electrons. The summed E-state index contributed by atoms with van der Waals surface area (Å²) in [5.41, 5.74) is 0.170. The van der Waals surface area contributed by atoms with Gasteiger partial charge in [0, 0.05) is 17.5 Å². The highest BCUT2D eigenvalue weighted by Gasteiger charge is 2.28. The first-order chi connectivity index (χ1) is 9.88. The van der Waals surface area contributed by atoms with E-state index in [1.807, 2.05) is 0 Å². The van der Waals surface area contributed by atoms with Gasteiger partial charge in [-0.05, 0) is 18.2 Å². The molecule has 0 saturated heterocycles. The van der Waals surface area contributed by atoms with Gasteiger partial charge in [-0.3, -0.25) is 14.5 Å². The number of nitrogens with one attached hydrogen (secondary N) is 1. The van der Waals surface area contributed by atoms with Crippen molar-refractivity contribution in [2.45, 2.75) is 13.3 Å². The average Bonchev–Trinajstić information content (AvgIpc) is 2.41. The second kappa shape index (κ2) is 6.02.